The number of aliphatic imine (C=N–C) groups is 2. The summed E-state index contributed by atoms with van der Waals surface area (Å²) in [6.07, 6.45) is 10.6. The summed E-state index contributed by atoms with van der Waals surface area (Å²) >= 11 is 0. The zero-order valence-corrected chi connectivity index (χ0v) is 36.9. The molecule has 12 rings (SSSR count). The van der Waals surface area contributed by atoms with Crippen molar-refractivity contribution in [3.63, 3.8) is 0 Å². The van der Waals surface area contributed by atoms with E-state index in [0.717, 1.165) is 83.6 Å². The molecule has 0 radical (unpaired) electrons. The number of hydrogen-bond acceptors (Lipinski definition) is 5. The van der Waals surface area contributed by atoms with E-state index in [-0.39, 0.29) is 28.3 Å². The molecule has 6 aromatic rings. The van der Waals surface area contributed by atoms with Crippen molar-refractivity contribution in [1.82, 2.24) is 9.88 Å². The molecule has 0 spiro atoms. The molecule has 0 N–H and O–H groups in total. The quantitative estimate of drug-likeness (QED) is 0.125. The second-order valence-electron chi connectivity index (χ2n) is 17.2. The topological polar surface area (TPSA) is 93.5 Å². The third-order valence-electron chi connectivity index (χ3n) is 13.5. The zero-order valence-electron chi connectivity index (χ0n) is 35.9. The monoisotopic (exact) mass is 900 g/mol. The molecule has 8 nitrogen and oxygen atoms in total. The summed E-state index contributed by atoms with van der Waals surface area (Å²) in [6.45, 7) is 0.443. The first kappa shape index (κ1) is 41.3. The van der Waals surface area contributed by atoms with Gasteiger partial charge in [0.15, 0.2) is 0 Å². The van der Waals surface area contributed by atoms with E-state index >= 15 is 0 Å². The van der Waals surface area contributed by atoms with E-state index in [0.29, 0.717) is 12.2 Å². The number of allylic oxidation sites excluding steroid dienone is 4. The Labute approximate surface area is 393 Å². The molecule has 2 unspecified atom stereocenters. The summed E-state index contributed by atoms with van der Waals surface area (Å²) in [4.78, 5) is 49.2. The van der Waals surface area contributed by atoms with Gasteiger partial charge in [0.2, 0.25) is 11.8 Å². The van der Waals surface area contributed by atoms with Gasteiger partial charge >= 0.3 is 16.5 Å². The van der Waals surface area contributed by atoms with Gasteiger partial charge in [-0.05, 0) is 82.0 Å². The van der Waals surface area contributed by atoms with Gasteiger partial charge in [0.25, 0.3) is 0 Å². The molecule has 5 aromatic carbocycles. The smallest absolute Gasteiger partial charge is 0.674 e. The maximum Gasteiger partial charge on any atom is 2.00 e. The molecule has 5 atom stereocenters. The summed E-state index contributed by atoms with van der Waals surface area (Å²) in [5.41, 5.74) is 12.4. The summed E-state index contributed by atoms with van der Waals surface area (Å²) in [5.74, 6) is -1.47. The van der Waals surface area contributed by atoms with Crippen LogP contribution in [0.5, 0.6) is 0 Å². The number of amides is 2. The number of carbonyl (C=O) groups excluding carboxylic acids is 2. The number of para-hydroxylation sites is 1. The van der Waals surface area contributed by atoms with Crippen LogP contribution in [0.25, 0.3) is 27.6 Å². The van der Waals surface area contributed by atoms with E-state index in [1.54, 1.807) is 0 Å². The average Bonchev–Trinajstić information content (AvgIpc) is 4.23. The second kappa shape index (κ2) is 16.8. The summed E-state index contributed by atoms with van der Waals surface area (Å²) in [5, 5.41) is 7.42. The molecule has 8 bridgehead atoms. The molecule has 2 fully saturated rings. The number of carbonyl (C=O) groups is 2. The maximum absolute atomic E-state index is 14.8. The molecule has 6 aliphatic heterocycles. The molecular weight excluding hydrogens is 859 g/mol. The minimum Gasteiger partial charge on any atom is -0.674 e. The van der Waals surface area contributed by atoms with Crippen LogP contribution >= 0.6 is 0 Å². The summed E-state index contributed by atoms with van der Waals surface area (Å²) in [7, 11) is 2.03. The van der Waals surface area contributed by atoms with E-state index in [9.17, 15) is 9.59 Å². The molecule has 9 heteroatoms. The molecule has 1 aromatic heterocycles. The number of likely N-dealkylation sites (N-methyl/N-ethyl adjacent to an activating group) is 1. The molecule has 7 heterocycles. The van der Waals surface area contributed by atoms with Crippen LogP contribution in [-0.2, 0) is 26.1 Å². The van der Waals surface area contributed by atoms with Crippen molar-refractivity contribution in [2.75, 3.05) is 18.5 Å². The third-order valence-corrected chi connectivity index (χ3v) is 13.5. The van der Waals surface area contributed by atoms with Crippen LogP contribution in [0, 0.1) is 11.8 Å². The first-order chi connectivity index (χ1) is 32.0. The van der Waals surface area contributed by atoms with Gasteiger partial charge in [-0.2, -0.15) is 0 Å². The number of imide groups is 1. The van der Waals surface area contributed by atoms with Gasteiger partial charge in [-0.15, -0.1) is 16.4 Å². The molecule has 6 aliphatic rings. The first-order valence-corrected chi connectivity index (χ1v) is 22.2. The number of nitrogens with zero attached hydrogens (tertiary/aromatic N) is 6. The van der Waals surface area contributed by atoms with Crippen molar-refractivity contribution in [2.24, 2.45) is 21.8 Å². The van der Waals surface area contributed by atoms with Gasteiger partial charge in [-0.1, -0.05) is 175 Å². The Morgan fingerprint density at radius 2 is 1.14 bits per heavy atom. The van der Waals surface area contributed by atoms with Crippen molar-refractivity contribution in [1.29, 1.82) is 0 Å². The number of fused-ring (bicyclic) bond motifs is 7. The maximum atomic E-state index is 14.8. The van der Waals surface area contributed by atoms with E-state index in [2.05, 4.69) is 95.9 Å². The number of hydrogen-bond donors (Lipinski definition) is 0. The van der Waals surface area contributed by atoms with Crippen LogP contribution in [0.15, 0.2) is 221 Å². The molecule has 0 aliphatic carbocycles. The predicted octanol–water partition coefficient (Wildman–Crippen LogP) is 8.07. The number of aromatic nitrogens is 1. The van der Waals surface area contributed by atoms with Crippen LogP contribution in [0.4, 0.5) is 5.69 Å². The fraction of sp³-hybridized carbons (Fsp3) is 0.123. The number of benzene rings is 5. The van der Waals surface area contributed by atoms with Crippen molar-refractivity contribution in [2.45, 2.75) is 18.1 Å². The Morgan fingerprint density at radius 3 is 1.74 bits per heavy atom. The van der Waals surface area contributed by atoms with Crippen LogP contribution in [-0.4, -0.2) is 59.9 Å². The Bertz CT molecular complexity index is 3280. The van der Waals surface area contributed by atoms with Gasteiger partial charge in [0.1, 0.15) is 0 Å². The number of likely N-dealkylation sites (tertiary alicyclic amines) is 1. The minimum atomic E-state index is -0.611. The number of rotatable bonds is 6. The standard InChI is InChI=1S/C57H42N6O2.Ni/c1-62-34-41-53(57(65)63(56(41)64)39-25-15-6-16-26-39)55(62)40-33-48-51(37-21-11-4-12-22-37)46-30-29-44(59-46)49(35-17-7-2-8-18-35)42-27-28-43(58-42)50(36-19-9-3-10-20-36)45-31-32-47(60-45)52(54(40)61-48)38-23-13-5-14-24-38;/h2-33,41,46,53-55H,34H2,1H3;/q-2;+2/b51-48-,52-47-;/t41-,46?,53-,54?,55-;/m1./s1. The van der Waals surface area contributed by atoms with Crippen molar-refractivity contribution in [3.05, 3.63) is 249 Å². The summed E-state index contributed by atoms with van der Waals surface area (Å²) in [6, 6.07) is 53.5. The Hall–Kier alpha value is -7.45. The SMILES string of the molecule is CN1C[C@H]2C(=O)N(c3ccccc3)C(=O)[C@H]2[C@H]1C1=C/C2=C(\c3ccccc3)C3C=CC(=N3)/C(c3ccccc3)=c3/cc/c([n-]3)=C(\c3ccccc3)C3=N/C(=C(/c4ccccc4)C1[N-]2)C=C3.[Ni+2]. The predicted molar refractivity (Wildman–Crippen MR) is 258 cm³/mol. The van der Waals surface area contributed by atoms with E-state index in [4.69, 9.17) is 20.3 Å². The average molecular weight is 902 g/mol. The molecular formula is C57H42N6NiO2. The minimum absolute atomic E-state index is 0. The second-order valence-corrected chi connectivity index (χ2v) is 17.2. The fourth-order valence-electron chi connectivity index (χ4n) is 10.6. The molecule has 322 valence electrons. The third kappa shape index (κ3) is 6.86. The number of anilines is 1. The van der Waals surface area contributed by atoms with Gasteiger partial charge in [-0.3, -0.25) is 19.5 Å². The molecule has 2 amide bonds. The first-order valence-electron chi connectivity index (χ1n) is 22.2. The van der Waals surface area contributed by atoms with Crippen LogP contribution < -0.4 is 20.6 Å². The Kier molecular flexibility index (Phi) is 10.5. The van der Waals surface area contributed by atoms with Crippen LogP contribution in [0.3, 0.4) is 0 Å². The van der Waals surface area contributed by atoms with Crippen molar-refractivity contribution < 1.29 is 26.1 Å². The van der Waals surface area contributed by atoms with E-state index in [1.165, 1.54) is 4.90 Å². The molecule has 0 saturated carbocycles. The Balaban J connectivity index is 0.00000481. The Morgan fingerprint density at radius 1 is 0.591 bits per heavy atom. The van der Waals surface area contributed by atoms with Crippen LogP contribution in [0.2, 0.25) is 0 Å². The van der Waals surface area contributed by atoms with Gasteiger partial charge in [0, 0.05) is 12.6 Å². The van der Waals surface area contributed by atoms with Gasteiger partial charge in [-0.25, -0.2) is 9.89 Å². The molecule has 66 heavy (non-hydrogen) atoms. The summed E-state index contributed by atoms with van der Waals surface area (Å²) < 4.78 is 0. The largest absolute Gasteiger partial charge is 2.00 e. The molecule has 2 saturated heterocycles. The van der Waals surface area contributed by atoms with Gasteiger partial charge in [0.05, 0.1) is 40.7 Å². The van der Waals surface area contributed by atoms with Crippen molar-refractivity contribution in [3.8, 4) is 0 Å². The van der Waals surface area contributed by atoms with Gasteiger partial charge < -0.3 is 10.3 Å². The van der Waals surface area contributed by atoms with Crippen molar-refractivity contribution >= 4 is 51.2 Å². The zero-order chi connectivity index (χ0) is 43.6. The fourth-order valence-corrected chi connectivity index (χ4v) is 10.6. The van der Waals surface area contributed by atoms with Crippen LogP contribution in [0.1, 0.15) is 22.3 Å². The normalized spacial score (nSPS) is 27.1. The van der Waals surface area contributed by atoms with E-state index in [1.807, 2.05) is 110 Å². The van der Waals surface area contributed by atoms with E-state index < -0.39 is 30.0 Å².